The summed E-state index contributed by atoms with van der Waals surface area (Å²) in [4.78, 5) is 12.4. The van der Waals surface area contributed by atoms with E-state index in [0.29, 0.717) is 46.8 Å². The van der Waals surface area contributed by atoms with Crippen molar-refractivity contribution in [1.29, 1.82) is 0 Å². The minimum atomic E-state index is -0.376. The van der Waals surface area contributed by atoms with Gasteiger partial charge in [-0.1, -0.05) is 29.8 Å². The molecule has 0 aliphatic heterocycles. The van der Waals surface area contributed by atoms with Gasteiger partial charge in [-0.05, 0) is 55.0 Å². The van der Waals surface area contributed by atoms with Gasteiger partial charge in [0.05, 0.1) is 27.0 Å². The predicted molar refractivity (Wildman–Crippen MR) is 128 cm³/mol. The molecular formula is C25H25ClN2O5. The minimum Gasteiger partial charge on any atom is -0.493 e. The van der Waals surface area contributed by atoms with E-state index < -0.39 is 0 Å². The van der Waals surface area contributed by atoms with Gasteiger partial charge in [-0.25, -0.2) is 5.43 Å². The van der Waals surface area contributed by atoms with Gasteiger partial charge in [0, 0.05) is 16.1 Å². The number of amides is 1. The lowest BCUT2D eigenvalue weighted by Gasteiger charge is -2.12. The third-order valence-electron chi connectivity index (χ3n) is 4.63. The quantitative estimate of drug-likeness (QED) is 0.331. The molecule has 7 nitrogen and oxygen atoms in total. The van der Waals surface area contributed by atoms with Crippen LogP contribution in [0.2, 0.25) is 5.02 Å². The molecule has 1 N–H and O–H groups in total. The number of carbonyl (C=O) groups is 1. The fourth-order valence-corrected chi connectivity index (χ4v) is 3.16. The number of carbonyl (C=O) groups excluding carboxylic acids is 1. The highest BCUT2D eigenvalue weighted by Crippen LogP contribution is 2.30. The highest BCUT2D eigenvalue weighted by Gasteiger charge is 2.11. The normalized spacial score (nSPS) is 10.7. The van der Waals surface area contributed by atoms with Crippen molar-refractivity contribution >= 4 is 23.7 Å². The molecule has 3 rings (SSSR count). The van der Waals surface area contributed by atoms with Gasteiger partial charge in [-0.3, -0.25) is 4.79 Å². The molecule has 0 aromatic heterocycles. The van der Waals surface area contributed by atoms with Crippen molar-refractivity contribution in [2.24, 2.45) is 5.10 Å². The number of rotatable bonds is 10. The van der Waals surface area contributed by atoms with Gasteiger partial charge in [0.1, 0.15) is 6.61 Å². The Morgan fingerprint density at radius 2 is 1.64 bits per heavy atom. The zero-order valence-electron chi connectivity index (χ0n) is 18.6. The van der Waals surface area contributed by atoms with E-state index in [1.165, 1.54) is 13.3 Å². The van der Waals surface area contributed by atoms with E-state index in [9.17, 15) is 4.79 Å². The van der Waals surface area contributed by atoms with Crippen molar-refractivity contribution in [3.63, 3.8) is 0 Å². The van der Waals surface area contributed by atoms with Gasteiger partial charge >= 0.3 is 0 Å². The van der Waals surface area contributed by atoms with Gasteiger partial charge in [0.15, 0.2) is 23.0 Å². The van der Waals surface area contributed by atoms with Gasteiger partial charge in [0.25, 0.3) is 5.91 Å². The van der Waals surface area contributed by atoms with Crippen LogP contribution in [0.1, 0.15) is 28.4 Å². The summed E-state index contributed by atoms with van der Waals surface area (Å²) in [6.07, 6.45) is 1.52. The fourth-order valence-electron chi connectivity index (χ4n) is 2.97. The topological polar surface area (TPSA) is 78.4 Å². The number of benzene rings is 3. The van der Waals surface area contributed by atoms with Crippen molar-refractivity contribution in [1.82, 2.24) is 5.43 Å². The molecule has 172 valence electrons. The van der Waals surface area contributed by atoms with Crippen LogP contribution in [0, 0.1) is 0 Å². The van der Waals surface area contributed by atoms with Crippen LogP contribution in [0.15, 0.2) is 65.8 Å². The molecule has 1 amide bonds. The lowest BCUT2D eigenvalue weighted by atomic mass is 10.2. The summed E-state index contributed by atoms with van der Waals surface area (Å²) < 4.78 is 22.0. The first-order valence-electron chi connectivity index (χ1n) is 10.2. The highest BCUT2D eigenvalue weighted by molar-refractivity contribution is 6.31. The van der Waals surface area contributed by atoms with Crippen molar-refractivity contribution < 1.29 is 23.7 Å². The van der Waals surface area contributed by atoms with Crippen LogP contribution in [0.5, 0.6) is 23.0 Å². The molecule has 0 saturated heterocycles. The average molecular weight is 469 g/mol. The predicted octanol–water partition coefficient (Wildman–Crippen LogP) is 5.10. The molecule has 0 saturated carbocycles. The molecule has 3 aromatic rings. The van der Waals surface area contributed by atoms with E-state index in [1.807, 2.05) is 31.2 Å². The Kier molecular flexibility index (Phi) is 8.55. The fraction of sp³-hybridized carbons (Fsp3) is 0.200. The minimum absolute atomic E-state index is 0.311. The first-order valence-corrected chi connectivity index (χ1v) is 10.6. The summed E-state index contributed by atoms with van der Waals surface area (Å²) in [7, 11) is 3.08. The molecule has 0 atom stereocenters. The molecule has 0 spiro atoms. The van der Waals surface area contributed by atoms with Crippen LogP contribution < -0.4 is 24.4 Å². The molecule has 0 unspecified atom stereocenters. The summed E-state index contributed by atoms with van der Waals surface area (Å²) in [6, 6.07) is 17.8. The molecular weight excluding hydrogens is 444 g/mol. The number of hydrogen-bond acceptors (Lipinski definition) is 6. The molecule has 0 radical (unpaired) electrons. The summed E-state index contributed by atoms with van der Waals surface area (Å²) in [5, 5.41) is 4.67. The molecule has 3 aromatic carbocycles. The van der Waals surface area contributed by atoms with Crippen LogP contribution in [0.25, 0.3) is 0 Å². The first-order chi connectivity index (χ1) is 16.0. The Labute approximate surface area is 197 Å². The van der Waals surface area contributed by atoms with E-state index in [2.05, 4.69) is 10.5 Å². The molecule has 8 heteroatoms. The summed E-state index contributed by atoms with van der Waals surface area (Å²) in [6.45, 7) is 2.69. The number of nitrogens with zero attached hydrogens (tertiary/aromatic N) is 1. The second kappa shape index (κ2) is 11.8. The van der Waals surface area contributed by atoms with E-state index in [4.69, 9.17) is 30.5 Å². The molecule has 0 aliphatic carbocycles. The molecule has 0 bridgehead atoms. The largest absolute Gasteiger partial charge is 0.493 e. The van der Waals surface area contributed by atoms with Gasteiger partial charge < -0.3 is 18.9 Å². The maximum absolute atomic E-state index is 12.4. The number of ether oxygens (including phenoxy) is 4. The van der Waals surface area contributed by atoms with Crippen LogP contribution in [0.3, 0.4) is 0 Å². The Morgan fingerprint density at radius 3 is 2.36 bits per heavy atom. The number of hydrogen-bond donors (Lipinski definition) is 1. The molecule has 0 fully saturated rings. The Hall–Kier alpha value is -3.71. The smallest absolute Gasteiger partial charge is 0.271 e. The van der Waals surface area contributed by atoms with Crippen molar-refractivity contribution in [2.75, 3.05) is 20.8 Å². The van der Waals surface area contributed by atoms with E-state index in [1.54, 1.807) is 43.5 Å². The Morgan fingerprint density at radius 1 is 0.939 bits per heavy atom. The molecule has 33 heavy (non-hydrogen) atoms. The van der Waals surface area contributed by atoms with Crippen LogP contribution in [-0.2, 0) is 6.61 Å². The zero-order chi connectivity index (χ0) is 23.6. The Balaban J connectivity index is 1.64. The second-order valence-corrected chi connectivity index (χ2v) is 7.20. The lowest BCUT2D eigenvalue weighted by molar-refractivity contribution is 0.0954. The molecule has 0 aliphatic rings. The summed E-state index contributed by atoms with van der Waals surface area (Å²) in [5.41, 5.74) is 4.50. The zero-order valence-corrected chi connectivity index (χ0v) is 19.4. The van der Waals surface area contributed by atoms with Crippen molar-refractivity contribution in [3.05, 3.63) is 82.4 Å². The average Bonchev–Trinajstić information content (AvgIpc) is 2.84. The van der Waals surface area contributed by atoms with Crippen LogP contribution in [0.4, 0.5) is 0 Å². The number of hydrazone groups is 1. The SMILES string of the molecule is CCOc1ccc(C(=O)N/N=C/c2ccc(OCc3ccccc3Cl)c(OC)c2)cc1OC. The third kappa shape index (κ3) is 6.40. The highest BCUT2D eigenvalue weighted by atomic mass is 35.5. The summed E-state index contributed by atoms with van der Waals surface area (Å²) in [5.74, 6) is 1.78. The van der Waals surface area contributed by atoms with Crippen LogP contribution >= 0.6 is 11.6 Å². The third-order valence-corrected chi connectivity index (χ3v) is 5.00. The lowest BCUT2D eigenvalue weighted by Crippen LogP contribution is -2.17. The summed E-state index contributed by atoms with van der Waals surface area (Å²) >= 11 is 6.18. The maximum atomic E-state index is 12.4. The maximum Gasteiger partial charge on any atom is 0.271 e. The number of halogens is 1. The monoisotopic (exact) mass is 468 g/mol. The van der Waals surface area contributed by atoms with Crippen LogP contribution in [-0.4, -0.2) is 32.9 Å². The van der Waals surface area contributed by atoms with Gasteiger partial charge in [-0.15, -0.1) is 0 Å². The van der Waals surface area contributed by atoms with Gasteiger partial charge in [0.2, 0.25) is 0 Å². The first kappa shape index (κ1) is 23.9. The van der Waals surface area contributed by atoms with Gasteiger partial charge in [-0.2, -0.15) is 5.10 Å². The van der Waals surface area contributed by atoms with E-state index in [0.717, 1.165) is 11.1 Å². The van der Waals surface area contributed by atoms with Crippen molar-refractivity contribution in [2.45, 2.75) is 13.5 Å². The Bertz CT molecular complexity index is 1130. The van der Waals surface area contributed by atoms with E-state index >= 15 is 0 Å². The standard InChI is InChI=1S/C25H25ClN2O5/c1-4-32-21-12-10-18(14-24(21)31-3)25(29)28-27-15-17-9-11-22(23(13-17)30-2)33-16-19-7-5-6-8-20(19)26/h5-15H,4,16H2,1-3H3,(H,28,29)/b27-15+. The van der Waals surface area contributed by atoms with E-state index in [-0.39, 0.29) is 5.91 Å². The van der Waals surface area contributed by atoms with Crippen molar-refractivity contribution in [3.8, 4) is 23.0 Å². The number of nitrogens with one attached hydrogen (secondary N) is 1. The molecule has 0 heterocycles. The number of methoxy groups -OCH3 is 2. The second-order valence-electron chi connectivity index (χ2n) is 6.79.